The molecule has 1 heterocycles. The summed E-state index contributed by atoms with van der Waals surface area (Å²) in [6.07, 6.45) is 1.76. The molecule has 0 aromatic heterocycles. The van der Waals surface area contributed by atoms with Gasteiger partial charge in [-0.1, -0.05) is 18.3 Å². The number of piperidine rings is 1. The highest BCUT2D eigenvalue weighted by atomic mass is 32.1. The monoisotopic (exact) mass is 276 g/mol. The van der Waals surface area contributed by atoms with Gasteiger partial charge in [0.2, 0.25) is 0 Å². The Bertz CT molecular complexity index is 505. The standard InChI is InChI=1S/C15H20N2OS/c1-10-3-4-13(9-11(10)2)15(18)17-7-5-12(6-8-17)14(16)19/h3-4,9,12H,5-8H2,1-2H3,(H2,16,19). The van der Waals surface area contributed by atoms with Gasteiger partial charge in [-0.3, -0.25) is 4.79 Å². The molecule has 102 valence electrons. The molecule has 1 aromatic carbocycles. The topological polar surface area (TPSA) is 46.3 Å². The lowest BCUT2D eigenvalue weighted by molar-refractivity contribution is 0.0710. The van der Waals surface area contributed by atoms with E-state index in [-0.39, 0.29) is 5.91 Å². The van der Waals surface area contributed by atoms with Crippen LogP contribution in [0.15, 0.2) is 18.2 Å². The maximum absolute atomic E-state index is 12.4. The van der Waals surface area contributed by atoms with E-state index in [1.54, 1.807) is 0 Å². The first kappa shape index (κ1) is 14.0. The molecule has 2 rings (SSSR count). The average Bonchev–Trinajstić information content (AvgIpc) is 2.41. The Morgan fingerprint density at radius 3 is 2.42 bits per heavy atom. The number of hydrogen-bond acceptors (Lipinski definition) is 2. The van der Waals surface area contributed by atoms with Gasteiger partial charge in [0.05, 0.1) is 4.99 Å². The van der Waals surface area contributed by atoms with Crippen molar-refractivity contribution in [2.45, 2.75) is 26.7 Å². The highest BCUT2D eigenvalue weighted by Gasteiger charge is 2.24. The lowest BCUT2D eigenvalue weighted by atomic mass is 9.96. The summed E-state index contributed by atoms with van der Waals surface area (Å²) in [5.41, 5.74) is 8.81. The van der Waals surface area contributed by atoms with E-state index in [0.29, 0.717) is 10.9 Å². The molecule has 0 saturated carbocycles. The van der Waals surface area contributed by atoms with Gasteiger partial charge < -0.3 is 10.6 Å². The molecule has 1 aliphatic rings. The predicted octanol–water partition coefficient (Wildman–Crippen LogP) is 2.44. The van der Waals surface area contributed by atoms with Crippen LogP contribution in [0.25, 0.3) is 0 Å². The first-order valence-electron chi connectivity index (χ1n) is 6.65. The van der Waals surface area contributed by atoms with Crippen LogP contribution in [-0.4, -0.2) is 28.9 Å². The second-order valence-electron chi connectivity index (χ2n) is 5.27. The summed E-state index contributed by atoms with van der Waals surface area (Å²) in [5, 5.41) is 0. The number of nitrogens with two attached hydrogens (primary N) is 1. The van der Waals surface area contributed by atoms with E-state index in [9.17, 15) is 4.79 Å². The summed E-state index contributed by atoms with van der Waals surface area (Å²) in [7, 11) is 0. The molecule has 4 heteroatoms. The van der Waals surface area contributed by atoms with Gasteiger partial charge in [0, 0.05) is 24.6 Å². The highest BCUT2D eigenvalue weighted by Crippen LogP contribution is 2.20. The van der Waals surface area contributed by atoms with E-state index in [1.165, 1.54) is 5.56 Å². The number of nitrogens with zero attached hydrogens (tertiary/aromatic N) is 1. The van der Waals surface area contributed by atoms with E-state index in [2.05, 4.69) is 6.92 Å². The summed E-state index contributed by atoms with van der Waals surface area (Å²) < 4.78 is 0. The Morgan fingerprint density at radius 2 is 1.89 bits per heavy atom. The molecule has 0 spiro atoms. The van der Waals surface area contributed by atoms with E-state index >= 15 is 0 Å². The summed E-state index contributed by atoms with van der Waals surface area (Å²) in [6, 6.07) is 5.88. The number of hydrogen-bond donors (Lipinski definition) is 1. The van der Waals surface area contributed by atoms with Gasteiger partial charge in [-0.15, -0.1) is 0 Å². The zero-order chi connectivity index (χ0) is 14.0. The molecule has 1 saturated heterocycles. The summed E-state index contributed by atoms with van der Waals surface area (Å²) in [5.74, 6) is 0.406. The van der Waals surface area contributed by atoms with Crippen LogP contribution in [0.4, 0.5) is 0 Å². The minimum absolute atomic E-state index is 0.115. The first-order valence-corrected chi connectivity index (χ1v) is 7.05. The van der Waals surface area contributed by atoms with Crippen LogP contribution in [0.5, 0.6) is 0 Å². The van der Waals surface area contributed by atoms with Gasteiger partial charge in [-0.2, -0.15) is 0 Å². The fraction of sp³-hybridized carbons (Fsp3) is 0.467. The quantitative estimate of drug-likeness (QED) is 0.844. The molecular formula is C15H20N2OS. The maximum atomic E-state index is 12.4. The number of carbonyl (C=O) groups is 1. The predicted molar refractivity (Wildman–Crippen MR) is 81.3 cm³/mol. The van der Waals surface area contributed by atoms with Crippen LogP contribution in [0.1, 0.15) is 34.3 Å². The average molecular weight is 276 g/mol. The third-order valence-electron chi connectivity index (χ3n) is 3.94. The highest BCUT2D eigenvalue weighted by molar-refractivity contribution is 7.80. The Balaban J connectivity index is 2.05. The van der Waals surface area contributed by atoms with Crippen molar-refractivity contribution in [3.05, 3.63) is 34.9 Å². The fourth-order valence-electron chi connectivity index (χ4n) is 2.42. The van der Waals surface area contributed by atoms with E-state index in [1.807, 2.05) is 30.0 Å². The molecular weight excluding hydrogens is 256 g/mol. The Hall–Kier alpha value is -1.42. The van der Waals surface area contributed by atoms with Crippen molar-refractivity contribution in [1.82, 2.24) is 4.90 Å². The Morgan fingerprint density at radius 1 is 1.26 bits per heavy atom. The van der Waals surface area contributed by atoms with Crippen LogP contribution in [0.3, 0.4) is 0 Å². The van der Waals surface area contributed by atoms with Gasteiger partial charge in [0.25, 0.3) is 5.91 Å². The van der Waals surface area contributed by atoms with Crippen molar-refractivity contribution in [1.29, 1.82) is 0 Å². The van der Waals surface area contributed by atoms with Gasteiger partial charge in [0.1, 0.15) is 0 Å². The first-order chi connectivity index (χ1) is 8.99. The zero-order valence-corrected chi connectivity index (χ0v) is 12.3. The van der Waals surface area contributed by atoms with Crippen LogP contribution in [-0.2, 0) is 0 Å². The molecule has 2 N–H and O–H groups in total. The minimum atomic E-state index is 0.115. The molecule has 19 heavy (non-hydrogen) atoms. The van der Waals surface area contributed by atoms with Crippen LogP contribution in [0, 0.1) is 19.8 Å². The molecule has 0 aliphatic carbocycles. The van der Waals surface area contributed by atoms with Gasteiger partial charge in [-0.25, -0.2) is 0 Å². The normalized spacial score (nSPS) is 16.4. The summed E-state index contributed by atoms with van der Waals surface area (Å²) in [4.78, 5) is 14.9. The number of rotatable bonds is 2. The van der Waals surface area contributed by atoms with Crippen molar-refractivity contribution >= 4 is 23.1 Å². The third-order valence-corrected chi connectivity index (χ3v) is 4.27. The maximum Gasteiger partial charge on any atom is 0.253 e. The van der Waals surface area contributed by atoms with Crippen molar-refractivity contribution in [3.8, 4) is 0 Å². The zero-order valence-electron chi connectivity index (χ0n) is 11.5. The fourth-order valence-corrected chi connectivity index (χ4v) is 2.66. The summed E-state index contributed by atoms with van der Waals surface area (Å²) in [6.45, 7) is 5.57. The van der Waals surface area contributed by atoms with Crippen LogP contribution in [0.2, 0.25) is 0 Å². The number of aryl methyl sites for hydroxylation is 2. The van der Waals surface area contributed by atoms with Crippen molar-refractivity contribution < 1.29 is 4.79 Å². The van der Waals surface area contributed by atoms with Crippen molar-refractivity contribution in [3.63, 3.8) is 0 Å². The van der Waals surface area contributed by atoms with Crippen molar-refractivity contribution in [2.24, 2.45) is 11.7 Å². The van der Waals surface area contributed by atoms with Gasteiger partial charge in [0.15, 0.2) is 0 Å². The van der Waals surface area contributed by atoms with Crippen LogP contribution >= 0.6 is 12.2 Å². The SMILES string of the molecule is Cc1ccc(C(=O)N2CCC(C(N)=S)CC2)cc1C. The number of thiocarbonyl (C=S) groups is 1. The number of likely N-dealkylation sites (tertiary alicyclic amines) is 1. The molecule has 0 radical (unpaired) electrons. The van der Waals surface area contributed by atoms with Crippen LogP contribution < -0.4 is 5.73 Å². The van der Waals surface area contributed by atoms with E-state index < -0.39 is 0 Å². The molecule has 1 aromatic rings. The Labute approximate surface area is 119 Å². The minimum Gasteiger partial charge on any atom is -0.393 e. The van der Waals surface area contributed by atoms with Gasteiger partial charge >= 0.3 is 0 Å². The molecule has 1 aliphatic heterocycles. The smallest absolute Gasteiger partial charge is 0.253 e. The number of carbonyl (C=O) groups excluding carboxylic acids is 1. The lowest BCUT2D eigenvalue weighted by Gasteiger charge is -2.31. The number of benzene rings is 1. The number of amides is 1. The van der Waals surface area contributed by atoms with E-state index in [4.69, 9.17) is 18.0 Å². The van der Waals surface area contributed by atoms with Crippen molar-refractivity contribution in [2.75, 3.05) is 13.1 Å². The second-order valence-corrected chi connectivity index (χ2v) is 5.74. The molecule has 1 amide bonds. The van der Waals surface area contributed by atoms with E-state index in [0.717, 1.165) is 37.1 Å². The largest absolute Gasteiger partial charge is 0.393 e. The molecule has 0 unspecified atom stereocenters. The molecule has 0 bridgehead atoms. The van der Waals surface area contributed by atoms with Gasteiger partial charge in [-0.05, 0) is 49.9 Å². The lowest BCUT2D eigenvalue weighted by Crippen LogP contribution is -2.41. The second kappa shape index (κ2) is 5.70. The summed E-state index contributed by atoms with van der Waals surface area (Å²) >= 11 is 5.02. The molecule has 0 atom stereocenters. The Kier molecular flexibility index (Phi) is 4.20. The third kappa shape index (κ3) is 3.13. The molecule has 1 fully saturated rings. The molecule has 3 nitrogen and oxygen atoms in total.